The van der Waals surface area contributed by atoms with E-state index in [1.165, 1.54) is 0 Å². The fourth-order valence-electron chi connectivity index (χ4n) is 1.38. The number of methoxy groups -OCH3 is 1. The zero-order valence-electron chi connectivity index (χ0n) is 8.19. The molecule has 0 aliphatic carbocycles. The van der Waals surface area contributed by atoms with E-state index in [1.54, 1.807) is 11.6 Å². The van der Waals surface area contributed by atoms with E-state index in [1.807, 2.05) is 19.2 Å². The molecular weight excluding hydrogens is 180 g/mol. The Morgan fingerprint density at radius 1 is 1.57 bits per heavy atom. The van der Waals surface area contributed by atoms with Gasteiger partial charge in [-0.15, -0.1) is 5.10 Å². The molecule has 0 radical (unpaired) electrons. The summed E-state index contributed by atoms with van der Waals surface area (Å²) in [6, 6.07) is 1.88. The molecule has 0 unspecified atom stereocenters. The van der Waals surface area contributed by atoms with Gasteiger partial charge in [-0.3, -0.25) is 0 Å². The van der Waals surface area contributed by atoms with Crippen LogP contribution < -0.4 is 5.73 Å². The molecule has 14 heavy (non-hydrogen) atoms. The van der Waals surface area contributed by atoms with Crippen LogP contribution in [0.5, 0.6) is 0 Å². The number of fused-ring (bicyclic) bond motifs is 1. The van der Waals surface area contributed by atoms with Crippen LogP contribution in [0.2, 0.25) is 0 Å². The summed E-state index contributed by atoms with van der Waals surface area (Å²) in [6.07, 6.45) is 1.89. The quantitative estimate of drug-likeness (QED) is 0.763. The number of rotatable bonds is 2. The number of nitrogens with two attached hydrogens (primary N) is 1. The summed E-state index contributed by atoms with van der Waals surface area (Å²) in [4.78, 5) is 4.24. The molecule has 0 saturated carbocycles. The van der Waals surface area contributed by atoms with Gasteiger partial charge in [0.1, 0.15) is 6.61 Å². The lowest BCUT2D eigenvalue weighted by atomic mass is 10.3. The fraction of sp³-hybridized carbons (Fsp3) is 0.333. The van der Waals surface area contributed by atoms with Gasteiger partial charge < -0.3 is 10.5 Å². The second kappa shape index (κ2) is 3.26. The molecule has 74 valence electrons. The van der Waals surface area contributed by atoms with Gasteiger partial charge in [-0.1, -0.05) is 0 Å². The van der Waals surface area contributed by atoms with Crippen LogP contribution in [0.3, 0.4) is 0 Å². The van der Waals surface area contributed by atoms with Crippen LogP contribution in [0.25, 0.3) is 5.65 Å². The maximum atomic E-state index is 5.80. The summed E-state index contributed by atoms with van der Waals surface area (Å²) < 4.78 is 6.63. The molecule has 0 aliphatic heterocycles. The predicted octanol–water partition coefficient (Wildman–Crippen LogP) is 0.766. The van der Waals surface area contributed by atoms with Crippen molar-refractivity contribution >= 4 is 11.3 Å². The van der Waals surface area contributed by atoms with Gasteiger partial charge in [0.25, 0.3) is 0 Å². The molecule has 0 spiro atoms. The standard InChI is InChI=1S/C9H12N4O/c1-6-3-7(10)9-11-8(5-14-2)12-13(9)4-6/h3-4H,5,10H2,1-2H3. The molecule has 0 atom stereocenters. The molecule has 2 aromatic heterocycles. The van der Waals surface area contributed by atoms with Gasteiger partial charge in [0.15, 0.2) is 11.5 Å². The Hall–Kier alpha value is -1.62. The molecule has 0 fully saturated rings. The van der Waals surface area contributed by atoms with Gasteiger partial charge in [0, 0.05) is 13.3 Å². The van der Waals surface area contributed by atoms with Crippen LogP contribution in [-0.2, 0) is 11.3 Å². The number of hydrogen-bond acceptors (Lipinski definition) is 4. The lowest BCUT2D eigenvalue weighted by molar-refractivity contribution is 0.178. The van der Waals surface area contributed by atoms with Crippen LogP contribution in [0.4, 0.5) is 5.69 Å². The van der Waals surface area contributed by atoms with E-state index in [9.17, 15) is 0 Å². The van der Waals surface area contributed by atoms with Gasteiger partial charge in [-0.2, -0.15) is 0 Å². The average molecular weight is 192 g/mol. The minimum atomic E-state index is 0.403. The lowest BCUT2D eigenvalue weighted by Crippen LogP contribution is -1.95. The highest BCUT2D eigenvalue weighted by molar-refractivity contribution is 5.64. The van der Waals surface area contributed by atoms with E-state index in [-0.39, 0.29) is 0 Å². The lowest BCUT2D eigenvalue weighted by Gasteiger charge is -1.97. The van der Waals surface area contributed by atoms with Crippen molar-refractivity contribution in [3.8, 4) is 0 Å². The molecule has 0 aliphatic rings. The number of aryl methyl sites for hydroxylation is 1. The van der Waals surface area contributed by atoms with Crippen LogP contribution >= 0.6 is 0 Å². The van der Waals surface area contributed by atoms with Crippen LogP contribution in [0.1, 0.15) is 11.4 Å². The highest BCUT2D eigenvalue weighted by Crippen LogP contribution is 2.13. The van der Waals surface area contributed by atoms with E-state index in [4.69, 9.17) is 10.5 Å². The highest BCUT2D eigenvalue weighted by atomic mass is 16.5. The Balaban J connectivity index is 2.58. The van der Waals surface area contributed by atoms with Gasteiger partial charge in [0.2, 0.25) is 0 Å². The second-order valence-corrected chi connectivity index (χ2v) is 3.20. The first-order valence-corrected chi connectivity index (χ1v) is 4.31. The largest absolute Gasteiger partial charge is 0.396 e. The monoisotopic (exact) mass is 192 g/mol. The third-order valence-electron chi connectivity index (χ3n) is 1.92. The van der Waals surface area contributed by atoms with Crippen molar-refractivity contribution in [3.63, 3.8) is 0 Å². The van der Waals surface area contributed by atoms with Gasteiger partial charge in [-0.05, 0) is 18.6 Å². The molecule has 2 rings (SSSR count). The number of ether oxygens (including phenoxy) is 1. The van der Waals surface area contributed by atoms with E-state index in [2.05, 4.69) is 10.1 Å². The molecule has 5 nitrogen and oxygen atoms in total. The molecule has 2 N–H and O–H groups in total. The first kappa shape index (κ1) is 8.96. The maximum Gasteiger partial charge on any atom is 0.178 e. The Labute approximate surface area is 81.5 Å². The molecule has 2 heterocycles. The SMILES string of the molecule is COCc1nc2c(N)cc(C)cn2n1. The van der Waals surface area contributed by atoms with Crippen molar-refractivity contribution in [2.24, 2.45) is 0 Å². The predicted molar refractivity (Wildman–Crippen MR) is 52.8 cm³/mol. The summed E-state index contributed by atoms with van der Waals surface area (Å²) in [5.41, 5.74) is 8.18. The van der Waals surface area contributed by atoms with E-state index in [0.29, 0.717) is 23.8 Å². The van der Waals surface area contributed by atoms with Crippen LogP contribution in [-0.4, -0.2) is 21.7 Å². The number of nitrogen functional groups attached to an aromatic ring is 1. The molecular formula is C9H12N4O. The van der Waals surface area contributed by atoms with Crippen molar-refractivity contribution in [1.29, 1.82) is 0 Å². The fourth-order valence-corrected chi connectivity index (χ4v) is 1.38. The summed E-state index contributed by atoms with van der Waals surface area (Å²) >= 11 is 0. The van der Waals surface area contributed by atoms with Crippen LogP contribution in [0, 0.1) is 6.92 Å². The second-order valence-electron chi connectivity index (χ2n) is 3.20. The number of nitrogens with zero attached hydrogens (tertiary/aromatic N) is 3. The third kappa shape index (κ3) is 1.42. The minimum Gasteiger partial charge on any atom is -0.396 e. The number of hydrogen-bond donors (Lipinski definition) is 1. The Kier molecular flexibility index (Phi) is 2.09. The maximum absolute atomic E-state index is 5.80. The average Bonchev–Trinajstić information content (AvgIpc) is 2.48. The number of aromatic nitrogens is 3. The van der Waals surface area contributed by atoms with E-state index < -0.39 is 0 Å². The summed E-state index contributed by atoms with van der Waals surface area (Å²) in [6.45, 7) is 2.37. The topological polar surface area (TPSA) is 65.4 Å². The smallest absolute Gasteiger partial charge is 0.178 e. The molecule has 0 saturated heterocycles. The Morgan fingerprint density at radius 3 is 3.07 bits per heavy atom. The van der Waals surface area contributed by atoms with Gasteiger partial charge in [0.05, 0.1) is 5.69 Å². The normalized spacial score (nSPS) is 11.0. The van der Waals surface area contributed by atoms with Crippen molar-refractivity contribution < 1.29 is 4.74 Å². The van der Waals surface area contributed by atoms with Crippen LogP contribution in [0.15, 0.2) is 12.3 Å². The molecule has 0 amide bonds. The Morgan fingerprint density at radius 2 is 2.36 bits per heavy atom. The zero-order valence-corrected chi connectivity index (χ0v) is 8.19. The number of pyridine rings is 1. The van der Waals surface area contributed by atoms with E-state index in [0.717, 1.165) is 5.56 Å². The van der Waals surface area contributed by atoms with Crippen molar-refractivity contribution in [3.05, 3.63) is 23.7 Å². The van der Waals surface area contributed by atoms with Crippen molar-refractivity contribution in [1.82, 2.24) is 14.6 Å². The number of anilines is 1. The third-order valence-corrected chi connectivity index (χ3v) is 1.92. The van der Waals surface area contributed by atoms with Gasteiger partial charge >= 0.3 is 0 Å². The Bertz CT molecular complexity index is 463. The molecule has 0 bridgehead atoms. The summed E-state index contributed by atoms with van der Waals surface area (Å²) in [7, 11) is 1.61. The highest BCUT2D eigenvalue weighted by Gasteiger charge is 2.06. The summed E-state index contributed by atoms with van der Waals surface area (Å²) in [5.74, 6) is 0.643. The molecule has 5 heteroatoms. The molecule has 2 aromatic rings. The summed E-state index contributed by atoms with van der Waals surface area (Å²) in [5, 5.41) is 4.22. The first-order valence-electron chi connectivity index (χ1n) is 4.31. The van der Waals surface area contributed by atoms with E-state index >= 15 is 0 Å². The van der Waals surface area contributed by atoms with Crippen molar-refractivity contribution in [2.45, 2.75) is 13.5 Å². The zero-order chi connectivity index (χ0) is 10.1. The van der Waals surface area contributed by atoms with Gasteiger partial charge in [-0.25, -0.2) is 9.50 Å². The first-order chi connectivity index (χ1) is 6.70. The molecule has 0 aromatic carbocycles. The van der Waals surface area contributed by atoms with Crippen molar-refractivity contribution in [2.75, 3.05) is 12.8 Å². The minimum absolute atomic E-state index is 0.403.